The summed E-state index contributed by atoms with van der Waals surface area (Å²) in [6.07, 6.45) is 0. The van der Waals surface area contributed by atoms with Crippen LogP contribution in [-0.4, -0.2) is 16.5 Å². The van der Waals surface area contributed by atoms with Gasteiger partial charge in [0.1, 0.15) is 0 Å². The van der Waals surface area contributed by atoms with Crippen molar-refractivity contribution in [1.82, 2.24) is 5.43 Å². The van der Waals surface area contributed by atoms with E-state index >= 15 is 0 Å². The Labute approximate surface area is 58.1 Å². The first kappa shape index (κ1) is 6.55. The lowest BCUT2D eigenvalue weighted by atomic mass is 10.1. The summed E-state index contributed by atoms with van der Waals surface area (Å²) in [7, 11) is 0. The molecule has 0 saturated carbocycles. The predicted octanol–water partition coefficient (Wildman–Crippen LogP) is 0.490. The summed E-state index contributed by atoms with van der Waals surface area (Å²) < 4.78 is 0. The maximum absolute atomic E-state index is 10.7. The summed E-state index contributed by atoms with van der Waals surface area (Å²) in [6.45, 7) is 3.33. The van der Waals surface area contributed by atoms with Gasteiger partial charge in [-0.15, -0.1) is 11.6 Å². The molecule has 4 heteroatoms. The van der Waals surface area contributed by atoms with E-state index in [1.165, 1.54) is 0 Å². The van der Waals surface area contributed by atoms with Crippen LogP contribution in [-0.2, 0) is 4.79 Å². The molecular weight excluding hydrogens is 140 g/mol. The zero-order valence-corrected chi connectivity index (χ0v) is 5.99. The van der Waals surface area contributed by atoms with Gasteiger partial charge in [-0.05, 0) is 13.8 Å². The summed E-state index contributed by atoms with van der Waals surface area (Å²) in [5, 5.41) is 3.66. The average molecular weight is 147 g/mol. The largest absolute Gasteiger partial charge is 0.271 e. The molecule has 1 rings (SSSR count). The molecule has 1 heterocycles. The van der Waals surface area contributed by atoms with Gasteiger partial charge in [0.2, 0.25) is 0 Å². The van der Waals surface area contributed by atoms with Gasteiger partial charge in [0.05, 0.1) is 5.71 Å². The second kappa shape index (κ2) is 1.70. The van der Waals surface area contributed by atoms with Gasteiger partial charge in [-0.1, -0.05) is 0 Å². The molecule has 1 N–H and O–H groups in total. The molecule has 1 aliphatic rings. The lowest BCUT2D eigenvalue weighted by molar-refractivity contribution is -0.120. The normalized spacial score (nSPS) is 34.1. The van der Waals surface area contributed by atoms with E-state index in [1.807, 2.05) is 0 Å². The second-order valence-electron chi connectivity index (χ2n) is 2.14. The monoisotopic (exact) mass is 146 g/mol. The highest BCUT2D eigenvalue weighted by molar-refractivity contribution is 6.47. The minimum Gasteiger partial charge on any atom is -0.271 e. The topological polar surface area (TPSA) is 41.5 Å². The van der Waals surface area contributed by atoms with Crippen molar-refractivity contribution in [1.29, 1.82) is 0 Å². The molecule has 1 atom stereocenters. The average Bonchev–Trinajstić information content (AvgIpc) is 1.96. The van der Waals surface area contributed by atoms with E-state index in [2.05, 4.69) is 10.5 Å². The Kier molecular flexibility index (Phi) is 1.24. The minimum atomic E-state index is -0.917. The Bertz CT molecular complexity index is 185. The first-order valence-electron chi connectivity index (χ1n) is 2.59. The molecule has 0 fully saturated rings. The number of hydrazone groups is 1. The maximum atomic E-state index is 10.7. The number of amides is 1. The summed E-state index contributed by atoms with van der Waals surface area (Å²) in [5.41, 5.74) is 2.90. The fourth-order valence-electron chi connectivity index (χ4n) is 0.509. The number of alkyl halides is 1. The molecule has 0 aromatic heterocycles. The fourth-order valence-corrected chi connectivity index (χ4v) is 0.593. The van der Waals surface area contributed by atoms with Crippen LogP contribution in [0.3, 0.4) is 0 Å². The number of hydrogen-bond donors (Lipinski definition) is 1. The SMILES string of the molecule is CC1=NNC(=O)[C@@]1(C)Cl. The van der Waals surface area contributed by atoms with Crippen LogP contribution in [0.4, 0.5) is 0 Å². The minimum absolute atomic E-state index is 0.248. The maximum Gasteiger partial charge on any atom is 0.266 e. The van der Waals surface area contributed by atoms with E-state index in [1.54, 1.807) is 13.8 Å². The summed E-state index contributed by atoms with van der Waals surface area (Å²) in [6, 6.07) is 0. The van der Waals surface area contributed by atoms with Crippen molar-refractivity contribution in [2.75, 3.05) is 0 Å². The van der Waals surface area contributed by atoms with Crippen molar-refractivity contribution in [2.45, 2.75) is 18.7 Å². The van der Waals surface area contributed by atoms with E-state index in [0.29, 0.717) is 5.71 Å². The third kappa shape index (κ3) is 0.812. The molecule has 0 saturated heterocycles. The van der Waals surface area contributed by atoms with E-state index < -0.39 is 4.87 Å². The lowest BCUT2D eigenvalue weighted by Gasteiger charge is -2.09. The molecule has 0 aromatic carbocycles. The van der Waals surface area contributed by atoms with Crippen LogP contribution in [0.25, 0.3) is 0 Å². The first-order valence-corrected chi connectivity index (χ1v) is 2.97. The first-order chi connectivity index (χ1) is 4.05. The van der Waals surface area contributed by atoms with Crippen molar-refractivity contribution in [3.05, 3.63) is 0 Å². The predicted molar refractivity (Wildman–Crippen MR) is 35.5 cm³/mol. The summed E-state index contributed by atoms with van der Waals surface area (Å²) >= 11 is 5.73. The standard InChI is InChI=1S/C5H7ClN2O/c1-3-5(2,6)4(9)8-7-3/h1-2H3,(H,8,9)/t5-/m0/s1. The number of carbonyl (C=O) groups is 1. The Morgan fingerprint density at radius 3 is 2.44 bits per heavy atom. The highest BCUT2D eigenvalue weighted by atomic mass is 35.5. The summed E-state index contributed by atoms with van der Waals surface area (Å²) in [5.74, 6) is -0.248. The number of nitrogens with zero attached hydrogens (tertiary/aromatic N) is 1. The van der Waals surface area contributed by atoms with E-state index in [0.717, 1.165) is 0 Å². The van der Waals surface area contributed by atoms with Crippen LogP contribution in [0, 0.1) is 0 Å². The molecule has 0 aliphatic carbocycles. The number of nitrogens with one attached hydrogen (secondary N) is 1. The van der Waals surface area contributed by atoms with Crippen molar-refractivity contribution in [2.24, 2.45) is 5.10 Å². The number of hydrogen-bond acceptors (Lipinski definition) is 2. The van der Waals surface area contributed by atoms with Crippen LogP contribution in [0.15, 0.2) is 5.10 Å². The molecule has 0 radical (unpaired) electrons. The van der Waals surface area contributed by atoms with Gasteiger partial charge < -0.3 is 0 Å². The Balaban J connectivity index is 2.93. The van der Waals surface area contributed by atoms with Crippen LogP contribution >= 0.6 is 11.6 Å². The number of carbonyl (C=O) groups excluding carboxylic acids is 1. The van der Waals surface area contributed by atoms with Gasteiger partial charge in [0, 0.05) is 0 Å². The molecular formula is C5H7ClN2O. The van der Waals surface area contributed by atoms with Gasteiger partial charge >= 0.3 is 0 Å². The Hall–Kier alpha value is -0.570. The molecule has 0 spiro atoms. The highest BCUT2D eigenvalue weighted by Gasteiger charge is 2.38. The Morgan fingerprint density at radius 2 is 2.33 bits per heavy atom. The van der Waals surface area contributed by atoms with Crippen molar-refractivity contribution < 1.29 is 4.79 Å². The molecule has 0 unspecified atom stereocenters. The third-order valence-electron chi connectivity index (χ3n) is 1.43. The fraction of sp³-hybridized carbons (Fsp3) is 0.600. The van der Waals surface area contributed by atoms with Gasteiger partial charge in [0.15, 0.2) is 4.87 Å². The van der Waals surface area contributed by atoms with Crippen molar-refractivity contribution in [3.8, 4) is 0 Å². The molecule has 50 valence electrons. The molecule has 9 heavy (non-hydrogen) atoms. The van der Waals surface area contributed by atoms with E-state index in [-0.39, 0.29) is 5.91 Å². The third-order valence-corrected chi connectivity index (χ3v) is 1.88. The van der Waals surface area contributed by atoms with Gasteiger partial charge in [-0.2, -0.15) is 5.10 Å². The van der Waals surface area contributed by atoms with Crippen LogP contribution < -0.4 is 5.43 Å². The molecule has 0 bridgehead atoms. The molecule has 1 amide bonds. The highest BCUT2D eigenvalue weighted by Crippen LogP contribution is 2.20. The van der Waals surface area contributed by atoms with E-state index in [4.69, 9.17) is 11.6 Å². The van der Waals surface area contributed by atoms with Gasteiger partial charge in [-0.25, -0.2) is 5.43 Å². The molecule has 1 aliphatic heterocycles. The second-order valence-corrected chi connectivity index (χ2v) is 2.90. The van der Waals surface area contributed by atoms with Crippen molar-refractivity contribution >= 4 is 23.2 Å². The van der Waals surface area contributed by atoms with E-state index in [9.17, 15) is 4.79 Å². The van der Waals surface area contributed by atoms with Crippen molar-refractivity contribution in [3.63, 3.8) is 0 Å². The van der Waals surface area contributed by atoms with Gasteiger partial charge in [0.25, 0.3) is 5.91 Å². The summed E-state index contributed by atoms with van der Waals surface area (Å²) in [4.78, 5) is 9.83. The van der Waals surface area contributed by atoms with Crippen LogP contribution in [0.5, 0.6) is 0 Å². The Morgan fingerprint density at radius 1 is 1.78 bits per heavy atom. The quantitative estimate of drug-likeness (QED) is 0.497. The molecule has 0 aromatic rings. The van der Waals surface area contributed by atoms with Crippen LogP contribution in [0.2, 0.25) is 0 Å². The molecule has 3 nitrogen and oxygen atoms in total. The number of halogens is 1. The zero-order chi connectivity index (χ0) is 7.07. The lowest BCUT2D eigenvalue weighted by Crippen LogP contribution is -2.35. The zero-order valence-electron chi connectivity index (χ0n) is 5.23. The van der Waals surface area contributed by atoms with Crippen LogP contribution in [0.1, 0.15) is 13.8 Å². The smallest absolute Gasteiger partial charge is 0.266 e. The van der Waals surface area contributed by atoms with Gasteiger partial charge in [-0.3, -0.25) is 4.79 Å². The number of rotatable bonds is 0.